The van der Waals surface area contributed by atoms with Gasteiger partial charge >= 0.3 is 0 Å². The Kier molecular flexibility index (Phi) is 3.67. The molecular weight excluding hydrogens is 212 g/mol. The minimum absolute atomic E-state index is 0.174. The molecule has 1 aliphatic rings. The molecule has 3 nitrogen and oxygen atoms in total. The summed E-state index contributed by atoms with van der Waals surface area (Å²) in [7, 11) is 2.05. The molecule has 2 rings (SSSR count). The van der Waals surface area contributed by atoms with Gasteiger partial charge in [0.05, 0.1) is 0 Å². The first-order valence-electron chi connectivity index (χ1n) is 6.33. The molecule has 0 saturated carbocycles. The second-order valence-corrected chi connectivity index (χ2v) is 4.56. The van der Waals surface area contributed by atoms with Crippen LogP contribution in [0.2, 0.25) is 0 Å². The number of carbonyl (C=O) groups excluding carboxylic acids is 1. The molecule has 0 aromatic heterocycles. The van der Waals surface area contributed by atoms with E-state index in [0.717, 1.165) is 43.7 Å². The third-order valence-electron chi connectivity index (χ3n) is 3.42. The molecule has 92 valence electrons. The van der Waals surface area contributed by atoms with Gasteiger partial charge in [-0.1, -0.05) is 0 Å². The molecular formula is C14H20N2O. The lowest BCUT2D eigenvalue weighted by molar-refractivity contribution is 0.0793. The zero-order valence-electron chi connectivity index (χ0n) is 10.6. The zero-order chi connectivity index (χ0) is 12.3. The third-order valence-corrected chi connectivity index (χ3v) is 3.42. The standard InChI is InChI=1S/C14H20N2O/c1-3-15(2)13-8-6-12(7-9-13)14(17)16-10-4-5-11-16/h6-9H,3-5,10-11H2,1-2H3. The minimum atomic E-state index is 0.174. The Morgan fingerprint density at radius 1 is 1.24 bits per heavy atom. The number of benzene rings is 1. The maximum Gasteiger partial charge on any atom is 0.253 e. The van der Waals surface area contributed by atoms with Gasteiger partial charge in [0.1, 0.15) is 0 Å². The molecule has 0 radical (unpaired) electrons. The largest absolute Gasteiger partial charge is 0.375 e. The molecule has 1 heterocycles. The Hall–Kier alpha value is -1.51. The van der Waals surface area contributed by atoms with Crippen LogP contribution >= 0.6 is 0 Å². The smallest absolute Gasteiger partial charge is 0.253 e. The van der Waals surface area contributed by atoms with Crippen molar-refractivity contribution < 1.29 is 4.79 Å². The number of anilines is 1. The second kappa shape index (κ2) is 5.21. The van der Waals surface area contributed by atoms with Crippen molar-refractivity contribution in [2.45, 2.75) is 19.8 Å². The van der Waals surface area contributed by atoms with Crippen LogP contribution in [-0.4, -0.2) is 37.5 Å². The summed E-state index contributed by atoms with van der Waals surface area (Å²) in [6.07, 6.45) is 2.28. The Labute approximate surface area is 103 Å². The van der Waals surface area contributed by atoms with Crippen LogP contribution in [0.4, 0.5) is 5.69 Å². The molecule has 1 fully saturated rings. The van der Waals surface area contributed by atoms with Crippen LogP contribution in [0.5, 0.6) is 0 Å². The van der Waals surface area contributed by atoms with Gasteiger partial charge in [-0.3, -0.25) is 4.79 Å². The molecule has 0 N–H and O–H groups in total. The van der Waals surface area contributed by atoms with Crippen LogP contribution in [0.3, 0.4) is 0 Å². The van der Waals surface area contributed by atoms with Crippen molar-refractivity contribution in [2.75, 3.05) is 31.6 Å². The Bertz CT molecular complexity index is 380. The average Bonchev–Trinajstić information content (AvgIpc) is 2.91. The van der Waals surface area contributed by atoms with Gasteiger partial charge in [-0.15, -0.1) is 0 Å². The molecule has 0 atom stereocenters. The predicted molar refractivity (Wildman–Crippen MR) is 70.5 cm³/mol. The first-order valence-corrected chi connectivity index (χ1v) is 6.33. The molecule has 0 bridgehead atoms. The summed E-state index contributed by atoms with van der Waals surface area (Å²) in [5, 5.41) is 0. The number of nitrogens with zero attached hydrogens (tertiary/aromatic N) is 2. The lowest BCUT2D eigenvalue weighted by Gasteiger charge is -2.18. The number of amides is 1. The van der Waals surface area contributed by atoms with E-state index in [1.54, 1.807) is 0 Å². The summed E-state index contributed by atoms with van der Waals surface area (Å²) in [5.74, 6) is 0.174. The maximum atomic E-state index is 12.1. The van der Waals surface area contributed by atoms with E-state index in [0.29, 0.717) is 0 Å². The van der Waals surface area contributed by atoms with Crippen molar-refractivity contribution in [3.63, 3.8) is 0 Å². The van der Waals surface area contributed by atoms with Gasteiger partial charge in [0.15, 0.2) is 0 Å². The lowest BCUT2D eigenvalue weighted by atomic mass is 10.1. The molecule has 1 aromatic rings. The maximum absolute atomic E-state index is 12.1. The van der Waals surface area contributed by atoms with Crippen LogP contribution in [0.1, 0.15) is 30.1 Å². The Morgan fingerprint density at radius 3 is 2.35 bits per heavy atom. The fourth-order valence-corrected chi connectivity index (χ4v) is 2.14. The summed E-state index contributed by atoms with van der Waals surface area (Å²) in [6.45, 7) is 4.91. The highest BCUT2D eigenvalue weighted by Gasteiger charge is 2.19. The van der Waals surface area contributed by atoms with E-state index < -0.39 is 0 Å². The van der Waals surface area contributed by atoms with Gasteiger partial charge in [-0.25, -0.2) is 0 Å². The van der Waals surface area contributed by atoms with E-state index in [9.17, 15) is 4.79 Å². The highest BCUT2D eigenvalue weighted by Crippen LogP contribution is 2.17. The van der Waals surface area contributed by atoms with Crippen molar-refractivity contribution in [1.82, 2.24) is 4.90 Å². The number of hydrogen-bond acceptors (Lipinski definition) is 2. The Balaban J connectivity index is 2.09. The monoisotopic (exact) mass is 232 g/mol. The number of hydrogen-bond donors (Lipinski definition) is 0. The highest BCUT2D eigenvalue weighted by molar-refractivity contribution is 5.94. The van der Waals surface area contributed by atoms with Crippen LogP contribution in [0, 0.1) is 0 Å². The molecule has 3 heteroatoms. The molecule has 1 aliphatic heterocycles. The van der Waals surface area contributed by atoms with E-state index in [1.807, 2.05) is 29.2 Å². The quantitative estimate of drug-likeness (QED) is 0.799. The molecule has 17 heavy (non-hydrogen) atoms. The highest BCUT2D eigenvalue weighted by atomic mass is 16.2. The van der Waals surface area contributed by atoms with Gasteiger partial charge in [0.25, 0.3) is 5.91 Å². The fourth-order valence-electron chi connectivity index (χ4n) is 2.14. The third kappa shape index (κ3) is 2.60. The molecule has 1 amide bonds. The number of likely N-dealkylation sites (tertiary alicyclic amines) is 1. The number of carbonyl (C=O) groups is 1. The normalized spacial score (nSPS) is 15.1. The second-order valence-electron chi connectivity index (χ2n) is 4.56. The van der Waals surface area contributed by atoms with Gasteiger partial charge in [-0.2, -0.15) is 0 Å². The van der Waals surface area contributed by atoms with E-state index >= 15 is 0 Å². The van der Waals surface area contributed by atoms with Crippen molar-refractivity contribution in [3.8, 4) is 0 Å². The molecule has 0 aliphatic carbocycles. The van der Waals surface area contributed by atoms with E-state index in [1.165, 1.54) is 0 Å². The van der Waals surface area contributed by atoms with Gasteiger partial charge in [-0.05, 0) is 44.0 Å². The fraction of sp³-hybridized carbons (Fsp3) is 0.500. The predicted octanol–water partition coefficient (Wildman–Crippen LogP) is 2.38. The van der Waals surface area contributed by atoms with Crippen molar-refractivity contribution in [2.24, 2.45) is 0 Å². The lowest BCUT2D eigenvalue weighted by Crippen LogP contribution is -2.27. The minimum Gasteiger partial charge on any atom is -0.375 e. The summed E-state index contributed by atoms with van der Waals surface area (Å²) >= 11 is 0. The first-order chi connectivity index (χ1) is 8.22. The van der Waals surface area contributed by atoms with Crippen molar-refractivity contribution in [1.29, 1.82) is 0 Å². The van der Waals surface area contributed by atoms with Crippen LogP contribution in [0.15, 0.2) is 24.3 Å². The van der Waals surface area contributed by atoms with Gasteiger partial charge in [0, 0.05) is 37.9 Å². The summed E-state index contributed by atoms with van der Waals surface area (Å²) in [6, 6.07) is 7.91. The Morgan fingerprint density at radius 2 is 1.82 bits per heavy atom. The zero-order valence-corrected chi connectivity index (χ0v) is 10.6. The van der Waals surface area contributed by atoms with E-state index in [-0.39, 0.29) is 5.91 Å². The SMILES string of the molecule is CCN(C)c1ccc(C(=O)N2CCCC2)cc1. The summed E-state index contributed by atoms with van der Waals surface area (Å²) in [5.41, 5.74) is 1.96. The molecule has 1 saturated heterocycles. The topological polar surface area (TPSA) is 23.6 Å². The number of rotatable bonds is 3. The van der Waals surface area contributed by atoms with E-state index in [4.69, 9.17) is 0 Å². The van der Waals surface area contributed by atoms with Crippen LogP contribution in [0.25, 0.3) is 0 Å². The molecule has 0 unspecified atom stereocenters. The van der Waals surface area contributed by atoms with Crippen LogP contribution in [-0.2, 0) is 0 Å². The van der Waals surface area contributed by atoms with E-state index in [2.05, 4.69) is 18.9 Å². The van der Waals surface area contributed by atoms with Gasteiger partial charge in [0.2, 0.25) is 0 Å². The molecule has 0 spiro atoms. The summed E-state index contributed by atoms with van der Waals surface area (Å²) < 4.78 is 0. The summed E-state index contributed by atoms with van der Waals surface area (Å²) in [4.78, 5) is 16.2. The van der Waals surface area contributed by atoms with Crippen LogP contribution < -0.4 is 4.90 Å². The van der Waals surface area contributed by atoms with Gasteiger partial charge < -0.3 is 9.80 Å². The van der Waals surface area contributed by atoms with Crippen molar-refractivity contribution in [3.05, 3.63) is 29.8 Å². The average molecular weight is 232 g/mol. The molecule has 1 aromatic carbocycles. The van der Waals surface area contributed by atoms with Crippen molar-refractivity contribution >= 4 is 11.6 Å². The first kappa shape index (κ1) is 12.0.